The molecule has 0 unspecified atom stereocenters. The Balaban J connectivity index is 2.19. The Hall–Kier alpha value is -2.02. The Morgan fingerprint density at radius 1 is 1.48 bits per heavy atom. The number of likely N-dealkylation sites (tertiary alicyclic amines) is 1. The van der Waals surface area contributed by atoms with E-state index >= 15 is 0 Å². The van der Waals surface area contributed by atoms with Crippen LogP contribution in [0.15, 0.2) is 18.2 Å². The molecule has 2 rings (SSSR count). The molecular formula is C14H17FN2O4. The Bertz CT molecular complexity index is 550. The summed E-state index contributed by atoms with van der Waals surface area (Å²) in [5.74, 6) is -0.966. The number of hydrogen-bond donors (Lipinski definition) is 0. The Morgan fingerprint density at radius 2 is 2.24 bits per heavy atom. The van der Waals surface area contributed by atoms with E-state index in [-0.39, 0.29) is 17.7 Å². The van der Waals surface area contributed by atoms with Gasteiger partial charge in [-0.3, -0.25) is 19.8 Å². The van der Waals surface area contributed by atoms with Gasteiger partial charge in [-0.15, -0.1) is 0 Å². The highest BCUT2D eigenvalue weighted by atomic mass is 19.1. The third kappa shape index (κ3) is 3.75. The Kier molecular flexibility index (Phi) is 4.85. The van der Waals surface area contributed by atoms with E-state index in [0.717, 1.165) is 18.9 Å². The normalized spacial score (nSPS) is 19.2. The minimum absolute atomic E-state index is 0.281. The number of carbonyl (C=O) groups is 1. The standard InChI is InChI=1S/C14H17FN2O4/c1-21-14(18)13-4-2-3-5-16(13)9-10-6-11(15)8-12(7-10)17(19)20/h6-8,13H,2-5,9H2,1H3/t13-/m1/s1. The highest BCUT2D eigenvalue weighted by molar-refractivity contribution is 5.75. The van der Waals surface area contributed by atoms with Crippen molar-refractivity contribution in [2.24, 2.45) is 0 Å². The maximum Gasteiger partial charge on any atom is 0.323 e. The molecule has 0 amide bonds. The van der Waals surface area contributed by atoms with Gasteiger partial charge in [-0.1, -0.05) is 6.42 Å². The molecular weight excluding hydrogens is 279 g/mol. The van der Waals surface area contributed by atoms with Crippen molar-refractivity contribution in [1.82, 2.24) is 4.90 Å². The van der Waals surface area contributed by atoms with E-state index in [1.54, 1.807) is 0 Å². The van der Waals surface area contributed by atoms with Crippen LogP contribution in [0.3, 0.4) is 0 Å². The summed E-state index contributed by atoms with van der Waals surface area (Å²) < 4.78 is 18.2. The summed E-state index contributed by atoms with van der Waals surface area (Å²) in [6.45, 7) is 0.975. The second-order valence-corrected chi connectivity index (χ2v) is 5.08. The molecule has 114 valence electrons. The van der Waals surface area contributed by atoms with Gasteiger partial charge in [0.05, 0.1) is 18.1 Å². The summed E-state index contributed by atoms with van der Waals surface area (Å²) in [5, 5.41) is 10.8. The quantitative estimate of drug-likeness (QED) is 0.484. The van der Waals surface area contributed by atoms with Gasteiger partial charge in [0.2, 0.25) is 0 Å². The van der Waals surface area contributed by atoms with Crippen molar-refractivity contribution in [3.63, 3.8) is 0 Å². The second-order valence-electron chi connectivity index (χ2n) is 5.08. The highest BCUT2D eigenvalue weighted by Crippen LogP contribution is 2.23. The average Bonchev–Trinajstić information content (AvgIpc) is 2.46. The molecule has 1 saturated heterocycles. The number of nitro benzene ring substituents is 1. The Labute approximate surface area is 121 Å². The molecule has 0 radical (unpaired) electrons. The fourth-order valence-corrected chi connectivity index (χ4v) is 2.65. The van der Waals surface area contributed by atoms with Gasteiger partial charge in [0.25, 0.3) is 5.69 Å². The summed E-state index contributed by atoms with van der Waals surface area (Å²) in [7, 11) is 1.34. The topological polar surface area (TPSA) is 72.7 Å². The molecule has 0 aliphatic carbocycles. The third-order valence-corrected chi connectivity index (χ3v) is 3.63. The van der Waals surface area contributed by atoms with Gasteiger partial charge in [0, 0.05) is 12.6 Å². The van der Waals surface area contributed by atoms with E-state index in [1.807, 2.05) is 4.90 Å². The van der Waals surface area contributed by atoms with Gasteiger partial charge in [0.15, 0.2) is 0 Å². The number of carbonyl (C=O) groups excluding carboxylic acids is 1. The van der Waals surface area contributed by atoms with Crippen LogP contribution >= 0.6 is 0 Å². The SMILES string of the molecule is COC(=O)[C@H]1CCCCN1Cc1cc(F)cc([N+](=O)[O-])c1. The van der Waals surface area contributed by atoms with Gasteiger partial charge in [0.1, 0.15) is 11.9 Å². The van der Waals surface area contributed by atoms with Crippen molar-refractivity contribution < 1.29 is 18.8 Å². The number of esters is 1. The van der Waals surface area contributed by atoms with Crippen molar-refractivity contribution in [3.05, 3.63) is 39.7 Å². The summed E-state index contributed by atoms with van der Waals surface area (Å²) >= 11 is 0. The van der Waals surface area contributed by atoms with Gasteiger partial charge < -0.3 is 4.74 Å². The zero-order valence-electron chi connectivity index (χ0n) is 11.8. The lowest BCUT2D eigenvalue weighted by Crippen LogP contribution is -2.44. The number of benzene rings is 1. The minimum Gasteiger partial charge on any atom is -0.468 e. The monoisotopic (exact) mass is 296 g/mol. The summed E-state index contributed by atoms with van der Waals surface area (Å²) in [4.78, 5) is 23.8. The molecule has 7 heteroatoms. The summed E-state index contributed by atoms with van der Waals surface area (Å²) in [5.41, 5.74) is 0.203. The number of hydrogen-bond acceptors (Lipinski definition) is 5. The summed E-state index contributed by atoms with van der Waals surface area (Å²) in [6.07, 6.45) is 2.55. The smallest absolute Gasteiger partial charge is 0.323 e. The number of nitro groups is 1. The molecule has 21 heavy (non-hydrogen) atoms. The largest absolute Gasteiger partial charge is 0.468 e. The van der Waals surface area contributed by atoms with E-state index in [4.69, 9.17) is 4.74 Å². The van der Waals surface area contributed by atoms with Crippen molar-refractivity contribution in [1.29, 1.82) is 0 Å². The fourth-order valence-electron chi connectivity index (χ4n) is 2.65. The van der Waals surface area contributed by atoms with Gasteiger partial charge in [-0.2, -0.15) is 0 Å². The molecule has 0 bridgehead atoms. The number of rotatable bonds is 4. The number of nitrogens with zero attached hydrogens (tertiary/aromatic N) is 2. The number of piperidine rings is 1. The van der Waals surface area contributed by atoms with Crippen molar-refractivity contribution in [3.8, 4) is 0 Å². The van der Waals surface area contributed by atoms with Crippen LogP contribution in [0.4, 0.5) is 10.1 Å². The van der Waals surface area contributed by atoms with Crippen LogP contribution in [-0.2, 0) is 16.1 Å². The molecule has 0 spiro atoms. The van der Waals surface area contributed by atoms with Crippen molar-refractivity contribution in [2.45, 2.75) is 31.8 Å². The molecule has 0 N–H and O–H groups in total. The van der Waals surface area contributed by atoms with Crippen molar-refractivity contribution >= 4 is 11.7 Å². The van der Waals surface area contributed by atoms with E-state index in [2.05, 4.69) is 0 Å². The lowest BCUT2D eigenvalue weighted by Gasteiger charge is -2.33. The first kappa shape index (κ1) is 15.4. The number of halogens is 1. The van der Waals surface area contributed by atoms with Gasteiger partial charge >= 0.3 is 5.97 Å². The van der Waals surface area contributed by atoms with E-state index in [1.165, 1.54) is 19.2 Å². The third-order valence-electron chi connectivity index (χ3n) is 3.63. The zero-order chi connectivity index (χ0) is 15.4. The van der Waals surface area contributed by atoms with Crippen LogP contribution in [0.1, 0.15) is 24.8 Å². The van der Waals surface area contributed by atoms with Crippen LogP contribution < -0.4 is 0 Å². The molecule has 0 saturated carbocycles. The molecule has 1 aromatic rings. The van der Waals surface area contributed by atoms with E-state index in [9.17, 15) is 19.3 Å². The first-order valence-electron chi connectivity index (χ1n) is 6.77. The van der Waals surface area contributed by atoms with E-state index in [0.29, 0.717) is 25.1 Å². The fraction of sp³-hybridized carbons (Fsp3) is 0.500. The highest BCUT2D eigenvalue weighted by Gasteiger charge is 2.29. The van der Waals surface area contributed by atoms with Crippen LogP contribution in [0.5, 0.6) is 0 Å². The number of non-ortho nitro benzene ring substituents is 1. The molecule has 1 heterocycles. The second kappa shape index (κ2) is 6.62. The predicted molar refractivity (Wildman–Crippen MR) is 73.1 cm³/mol. The molecule has 0 aromatic heterocycles. The molecule has 1 aliphatic heterocycles. The van der Waals surface area contributed by atoms with Crippen LogP contribution in [-0.4, -0.2) is 35.5 Å². The summed E-state index contributed by atoms with van der Waals surface area (Å²) in [6, 6.07) is 3.12. The van der Waals surface area contributed by atoms with Crippen LogP contribution in [0.2, 0.25) is 0 Å². The van der Waals surface area contributed by atoms with E-state index < -0.39 is 10.7 Å². The Morgan fingerprint density at radius 3 is 2.90 bits per heavy atom. The number of methoxy groups -OCH3 is 1. The van der Waals surface area contributed by atoms with Gasteiger partial charge in [-0.25, -0.2) is 4.39 Å². The maximum atomic E-state index is 13.4. The first-order chi connectivity index (χ1) is 10.0. The maximum absolute atomic E-state index is 13.4. The average molecular weight is 296 g/mol. The molecule has 1 fully saturated rings. The predicted octanol–water partition coefficient (Wildman–Crippen LogP) is 2.26. The zero-order valence-corrected chi connectivity index (χ0v) is 11.8. The lowest BCUT2D eigenvalue weighted by molar-refractivity contribution is -0.385. The molecule has 1 atom stereocenters. The van der Waals surface area contributed by atoms with Crippen LogP contribution in [0.25, 0.3) is 0 Å². The van der Waals surface area contributed by atoms with Crippen LogP contribution in [0, 0.1) is 15.9 Å². The number of ether oxygens (including phenoxy) is 1. The van der Waals surface area contributed by atoms with Crippen molar-refractivity contribution in [2.75, 3.05) is 13.7 Å². The molecule has 1 aromatic carbocycles. The lowest BCUT2D eigenvalue weighted by atomic mass is 10.0. The first-order valence-corrected chi connectivity index (χ1v) is 6.77. The molecule has 6 nitrogen and oxygen atoms in total. The van der Waals surface area contributed by atoms with Gasteiger partial charge in [-0.05, 0) is 31.0 Å². The molecule has 1 aliphatic rings. The minimum atomic E-state index is -0.647.